The second kappa shape index (κ2) is 8.27. The molecule has 5 rings (SSSR count). The number of nitrogens with zero attached hydrogens (tertiary/aromatic N) is 2. The molecule has 158 valence electrons. The van der Waals surface area contributed by atoms with Gasteiger partial charge >= 0.3 is 0 Å². The average molecular weight is 477 g/mol. The zero-order chi connectivity index (χ0) is 22.3. The molecule has 0 saturated carbocycles. The van der Waals surface area contributed by atoms with E-state index in [1.165, 1.54) is 0 Å². The van der Waals surface area contributed by atoms with Gasteiger partial charge in [-0.05, 0) is 40.6 Å². The van der Waals surface area contributed by atoms with Crippen LogP contribution in [0.25, 0.3) is 10.9 Å². The Morgan fingerprint density at radius 3 is 2.66 bits per heavy atom. The number of fused-ring (bicyclic) bond motifs is 1. The molecule has 0 aliphatic carbocycles. The van der Waals surface area contributed by atoms with E-state index in [4.69, 9.17) is 11.6 Å². The first-order valence-corrected chi connectivity index (χ1v) is 11.8. The first-order chi connectivity index (χ1) is 15.5. The maximum absolute atomic E-state index is 12.3. The summed E-state index contributed by atoms with van der Waals surface area (Å²) in [6.45, 7) is 0. The highest BCUT2D eigenvalue weighted by Crippen LogP contribution is 2.48. The van der Waals surface area contributed by atoms with Gasteiger partial charge in [-0.2, -0.15) is 21.2 Å². The molecule has 3 atom stereocenters. The number of hydrogen-bond donors (Lipinski definition) is 3. The molecule has 2 aromatic heterocycles. The highest BCUT2D eigenvalue weighted by Gasteiger charge is 2.56. The lowest BCUT2D eigenvalue weighted by molar-refractivity contribution is -0.720. The van der Waals surface area contributed by atoms with Crippen LogP contribution in [0.4, 0.5) is 0 Å². The lowest BCUT2D eigenvalue weighted by Gasteiger charge is -2.42. The minimum Gasteiger partial charge on any atom is -0.362 e. The zero-order valence-electron chi connectivity index (χ0n) is 16.8. The van der Waals surface area contributed by atoms with Gasteiger partial charge in [0.25, 0.3) is 0 Å². The number of allylic oxidation sites excluding steroid dienone is 1. The lowest BCUT2D eigenvalue weighted by Crippen LogP contribution is -2.62. The molecule has 2 N–H and O–H groups in total. The van der Waals surface area contributed by atoms with Crippen LogP contribution < -0.4 is 9.88 Å². The van der Waals surface area contributed by atoms with Crippen LogP contribution in [0.2, 0.25) is 5.02 Å². The monoisotopic (exact) mass is 476 g/mol. The van der Waals surface area contributed by atoms with Gasteiger partial charge in [0.2, 0.25) is 17.3 Å². The number of pyridine rings is 1. The minimum absolute atomic E-state index is 0.371. The van der Waals surface area contributed by atoms with Gasteiger partial charge in [0, 0.05) is 28.1 Å². The van der Waals surface area contributed by atoms with Gasteiger partial charge in [-0.25, -0.2) is 0 Å². The molecule has 32 heavy (non-hydrogen) atoms. The van der Waals surface area contributed by atoms with E-state index in [-0.39, 0.29) is 0 Å². The van der Waals surface area contributed by atoms with Crippen molar-refractivity contribution < 1.29 is 9.67 Å². The normalized spacial score (nSPS) is 23.1. The first kappa shape index (κ1) is 21.0. The van der Waals surface area contributed by atoms with E-state index in [0.29, 0.717) is 21.2 Å². The summed E-state index contributed by atoms with van der Waals surface area (Å²) in [6.07, 6.45) is 1.94. The van der Waals surface area contributed by atoms with Crippen LogP contribution in [0.15, 0.2) is 94.3 Å². The van der Waals surface area contributed by atoms with Gasteiger partial charge in [-0.1, -0.05) is 41.9 Å². The Kier molecular flexibility index (Phi) is 5.44. The van der Waals surface area contributed by atoms with Crippen LogP contribution in [0.1, 0.15) is 23.1 Å². The van der Waals surface area contributed by atoms with E-state index in [0.717, 1.165) is 16.5 Å². The summed E-state index contributed by atoms with van der Waals surface area (Å²) in [5.74, 6) is -0.420. The summed E-state index contributed by atoms with van der Waals surface area (Å²) >= 11 is 12.4. The number of rotatable bonds is 3. The molecule has 1 aliphatic rings. The van der Waals surface area contributed by atoms with Crippen molar-refractivity contribution in [1.82, 2.24) is 5.32 Å². The van der Waals surface area contributed by atoms with E-state index in [1.54, 1.807) is 11.3 Å². The molecule has 0 saturated heterocycles. The fourth-order valence-electron chi connectivity index (χ4n) is 4.54. The number of aromatic nitrogens is 1. The molecule has 0 unspecified atom stereocenters. The molecule has 1 aliphatic heterocycles. The third-order valence-corrected chi connectivity index (χ3v) is 7.23. The second-order valence-electron chi connectivity index (χ2n) is 7.73. The van der Waals surface area contributed by atoms with Crippen molar-refractivity contribution in [2.24, 2.45) is 0 Å². The molecule has 0 spiro atoms. The molecule has 4 nitrogen and oxygen atoms in total. The van der Waals surface area contributed by atoms with Crippen molar-refractivity contribution in [2.45, 2.75) is 17.7 Å². The Hall–Kier alpha value is -2.82. The van der Waals surface area contributed by atoms with Crippen molar-refractivity contribution in [3.63, 3.8) is 0 Å². The summed E-state index contributed by atoms with van der Waals surface area (Å²) in [4.78, 5) is 0. The third-order valence-electron chi connectivity index (χ3n) is 5.95. The quantitative estimate of drug-likeness (QED) is 0.278. The Balaban J connectivity index is 1.85. The molecule has 0 fully saturated rings. The summed E-state index contributed by atoms with van der Waals surface area (Å²) in [6, 6.07) is 22.8. The number of aliphatic hydroxyl groups is 1. The number of benzene rings is 2. The van der Waals surface area contributed by atoms with Gasteiger partial charge in [0.1, 0.15) is 0 Å². The number of thiophene rings is 1. The van der Waals surface area contributed by atoms with Crippen molar-refractivity contribution >= 4 is 46.5 Å². The van der Waals surface area contributed by atoms with Crippen LogP contribution >= 0.6 is 35.6 Å². The van der Waals surface area contributed by atoms with Gasteiger partial charge < -0.3 is 10.4 Å². The predicted octanol–water partition coefficient (Wildman–Crippen LogP) is 5.28. The second-order valence-corrected chi connectivity index (χ2v) is 9.39. The predicted molar refractivity (Wildman–Crippen MR) is 130 cm³/mol. The van der Waals surface area contributed by atoms with Crippen LogP contribution in [0.5, 0.6) is 0 Å². The number of nitrogens with one attached hydrogen (secondary N) is 1. The average Bonchev–Trinajstić information content (AvgIpc) is 3.33. The number of halogens is 1. The molecule has 4 aromatic rings. The molecular formula is C25H19ClN3OS2+. The Bertz CT molecular complexity index is 1370. The van der Waals surface area contributed by atoms with E-state index >= 15 is 0 Å². The summed E-state index contributed by atoms with van der Waals surface area (Å²) in [7, 11) is 0. The first-order valence-electron chi connectivity index (χ1n) is 10.0. The van der Waals surface area contributed by atoms with Crippen molar-refractivity contribution in [3.05, 3.63) is 110 Å². The largest absolute Gasteiger partial charge is 0.362 e. The summed E-state index contributed by atoms with van der Waals surface area (Å²) in [5, 5.41) is 31.5. The fourth-order valence-corrected chi connectivity index (χ4v) is 5.78. The molecule has 0 amide bonds. The summed E-state index contributed by atoms with van der Waals surface area (Å²) < 4.78 is 2.03. The van der Waals surface area contributed by atoms with Crippen molar-refractivity contribution in [2.75, 3.05) is 0 Å². The molecular weight excluding hydrogens is 458 g/mol. The van der Waals surface area contributed by atoms with Gasteiger partial charge in [-0.3, -0.25) is 0 Å². The maximum atomic E-state index is 12.3. The Morgan fingerprint density at radius 1 is 1.12 bits per heavy atom. The highest BCUT2D eigenvalue weighted by atomic mass is 35.5. The van der Waals surface area contributed by atoms with E-state index < -0.39 is 17.7 Å². The standard InChI is InChI=1S/C25H18ClN3OS2/c26-19-8-9-21-16(13-19)5-4-11-29(21)23-22(17-10-12-32-15-17)20(14-27)24(31)28-25(23,30)18-6-2-1-3-7-18/h1-13,15,22-23,28,30H/p+1/t22-,23+,25+/m0/s1. The van der Waals surface area contributed by atoms with Crippen LogP contribution in [0, 0.1) is 11.3 Å². The highest BCUT2D eigenvalue weighted by molar-refractivity contribution is 7.84. The Morgan fingerprint density at radius 2 is 1.94 bits per heavy atom. The fraction of sp³-hybridized carbons (Fsp3) is 0.120. The number of thiol groups is 1. The van der Waals surface area contributed by atoms with Crippen LogP contribution in [-0.2, 0) is 5.72 Å². The molecule has 2 aromatic carbocycles. The van der Waals surface area contributed by atoms with Gasteiger partial charge in [0.15, 0.2) is 6.20 Å². The molecule has 7 heteroatoms. The minimum atomic E-state index is -1.52. The van der Waals surface area contributed by atoms with E-state index in [9.17, 15) is 10.4 Å². The van der Waals surface area contributed by atoms with E-state index in [1.807, 2.05) is 88.3 Å². The topological polar surface area (TPSA) is 59.9 Å². The van der Waals surface area contributed by atoms with E-state index in [2.05, 4.69) is 24.0 Å². The zero-order valence-corrected chi connectivity index (χ0v) is 19.3. The molecule has 3 heterocycles. The molecule has 0 bridgehead atoms. The van der Waals surface area contributed by atoms with Crippen molar-refractivity contribution in [1.29, 1.82) is 5.26 Å². The van der Waals surface area contributed by atoms with Crippen LogP contribution in [-0.4, -0.2) is 5.11 Å². The lowest BCUT2D eigenvalue weighted by atomic mass is 9.76. The van der Waals surface area contributed by atoms with Crippen molar-refractivity contribution in [3.8, 4) is 6.07 Å². The van der Waals surface area contributed by atoms with Gasteiger partial charge in [-0.15, -0.1) is 12.6 Å². The summed E-state index contributed by atoms with van der Waals surface area (Å²) in [5.41, 5.74) is 1.50. The van der Waals surface area contributed by atoms with Crippen LogP contribution in [0.3, 0.4) is 0 Å². The number of nitriles is 1. The number of hydrogen-bond acceptors (Lipinski definition) is 5. The smallest absolute Gasteiger partial charge is 0.227 e. The van der Waals surface area contributed by atoms with Gasteiger partial charge in [0.05, 0.1) is 22.6 Å². The SMILES string of the molecule is N#CC1=C(S)N[C@@](O)(c2ccccc2)[C@H]([n+]2cccc3cc(Cl)ccc32)[C@H]1c1ccsc1. The Labute approximate surface area is 200 Å². The molecule has 0 radical (unpaired) electrons. The maximum Gasteiger partial charge on any atom is 0.227 e. The third kappa shape index (κ3) is 3.39.